The third kappa shape index (κ3) is 4.66. The fourth-order valence-corrected chi connectivity index (χ4v) is 3.53. The van der Waals surface area contributed by atoms with Crippen molar-refractivity contribution in [2.75, 3.05) is 11.9 Å². The molecule has 0 amide bonds. The van der Waals surface area contributed by atoms with Crippen LogP contribution in [0.1, 0.15) is 24.2 Å². The van der Waals surface area contributed by atoms with Crippen LogP contribution in [0.4, 0.5) is 5.82 Å². The predicted octanol–water partition coefficient (Wildman–Crippen LogP) is 5.32. The van der Waals surface area contributed by atoms with Gasteiger partial charge in [0.25, 0.3) is 0 Å². The Bertz CT molecular complexity index is 1230. The molecular weight excluding hydrogens is 433 g/mol. The number of H-pyrrole nitrogens is 1. The number of hydrogen-bond donors (Lipinski definition) is 2. The van der Waals surface area contributed by atoms with Gasteiger partial charge in [-0.15, -0.1) is 0 Å². The number of aromatic amines is 1. The molecule has 1 unspecified atom stereocenters. The quantitative estimate of drug-likeness (QED) is 0.412. The lowest BCUT2D eigenvalue weighted by Crippen LogP contribution is -2.14. The number of rotatable bonds is 6. The van der Waals surface area contributed by atoms with Crippen LogP contribution in [0.3, 0.4) is 0 Å². The van der Waals surface area contributed by atoms with E-state index in [1.807, 2.05) is 13.0 Å². The van der Waals surface area contributed by atoms with Gasteiger partial charge in [-0.3, -0.25) is 0 Å². The zero-order chi connectivity index (χ0) is 21.8. The summed E-state index contributed by atoms with van der Waals surface area (Å²) >= 11 is 12.6. The van der Waals surface area contributed by atoms with E-state index < -0.39 is 0 Å². The number of nitrogens with one attached hydrogen (secondary N) is 2. The lowest BCUT2D eigenvalue weighted by atomic mass is 10.0. The normalized spacial score (nSPS) is 11.7. The number of pyridine rings is 1. The van der Waals surface area contributed by atoms with Gasteiger partial charge < -0.3 is 10.3 Å². The fraction of sp³-hybridized carbons (Fsp3) is 0.136. The summed E-state index contributed by atoms with van der Waals surface area (Å²) in [5.41, 5.74) is 3.55. The maximum Gasteiger partial charge on any atom is 0.133 e. The molecule has 3 heterocycles. The Morgan fingerprint density at radius 3 is 2.65 bits per heavy atom. The first kappa shape index (κ1) is 20.8. The topological polar surface area (TPSA) is 103 Å². The summed E-state index contributed by atoms with van der Waals surface area (Å²) in [5.74, 6) is 1.32. The average molecular weight is 450 g/mol. The first-order valence-electron chi connectivity index (χ1n) is 9.46. The first-order valence-corrected chi connectivity index (χ1v) is 10.2. The van der Waals surface area contributed by atoms with Crippen LogP contribution in [0.15, 0.2) is 55.2 Å². The number of nitriles is 1. The van der Waals surface area contributed by atoms with Gasteiger partial charge in [0, 0.05) is 41.0 Å². The highest BCUT2D eigenvalue weighted by atomic mass is 35.5. The summed E-state index contributed by atoms with van der Waals surface area (Å²) in [5, 5.41) is 13.2. The van der Waals surface area contributed by atoms with Gasteiger partial charge in [-0.2, -0.15) is 5.26 Å². The minimum Gasteiger partial charge on any atom is -0.369 e. The molecule has 0 aliphatic rings. The third-order valence-corrected chi connectivity index (χ3v) is 5.25. The van der Waals surface area contributed by atoms with Gasteiger partial charge in [0.05, 0.1) is 34.5 Å². The third-order valence-electron chi connectivity index (χ3n) is 4.70. The van der Waals surface area contributed by atoms with Crippen molar-refractivity contribution < 1.29 is 0 Å². The molecule has 31 heavy (non-hydrogen) atoms. The molecule has 2 N–H and O–H groups in total. The Labute approximate surface area is 189 Å². The predicted molar refractivity (Wildman–Crippen MR) is 121 cm³/mol. The summed E-state index contributed by atoms with van der Waals surface area (Å²) in [6.45, 7) is 2.59. The lowest BCUT2D eigenvalue weighted by Gasteiger charge is -2.15. The van der Waals surface area contributed by atoms with E-state index in [2.05, 4.69) is 31.3 Å². The van der Waals surface area contributed by atoms with E-state index in [1.54, 1.807) is 43.0 Å². The van der Waals surface area contributed by atoms with E-state index in [4.69, 9.17) is 33.4 Å². The van der Waals surface area contributed by atoms with Gasteiger partial charge in [-0.25, -0.2) is 19.9 Å². The summed E-state index contributed by atoms with van der Waals surface area (Å²) < 4.78 is 0. The highest BCUT2D eigenvalue weighted by molar-refractivity contribution is 6.36. The molecule has 4 rings (SSSR count). The second-order valence-corrected chi connectivity index (χ2v) is 7.75. The minimum absolute atomic E-state index is 0.0157. The highest BCUT2D eigenvalue weighted by Crippen LogP contribution is 2.35. The maximum absolute atomic E-state index is 8.89. The van der Waals surface area contributed by atoms with E-state index >= 15 is 0 Å². The van der Waals surface area contributed by atoms with Gasteiger partial charge in [0.2, 0.25) is 0 Å². The molecule has 154 valence electrons. The van der Waals surface area contributed by atoms with Crippen molar-refractivity contribution in [3.8, 4) is 28.6 Å². The van der Waals surface area contributed by atoms with Crippen molar-refractivity contribution in [2.45, 2.75) is 12.8 Å². The molecule has 0 bridgehead atoms. The number of anilines is 1. The zero-order valence-electron chi connectivity index (χ0n) is 16.5. The molecule has 1 aromatic carbocycles. The van der Waals surface area contributed by atoms with Crippen LogP contribution in [-0.2, 0) is 0 Å². The first-order chi connectivity index (χ1) is 15.0. The van der Waals surface area contributed by atoms with E-state index in [0.717, 1.165) is 16.8 Å². The molecule has 0 spiro atoms. The Morgan fingerprint density at radius 2 is 1.97 bits per heavy atom. The molecule has 9 heteroatoms. The minimum atomic E-state index is -0.0157. The van der Waals surface area contributed by atoms with Crippen LogP contribution in [-0.4, -0.2) is 31.5 Å². The molecule has 4 aromatic rings. The van der Waals surface area contributed by atoms with Crippen molar-refractivity contribution in [3.63, 3.8) is 0 Å². The van der Waals surface area contributed by atoms with Crippen molar-refractivity contribution in [1.29, 1.82) is 5.26 Å². The highest BCUT2D eigenvalue weighted by Gasteiger charge is 2.18. The monoisotopic (exact) mass is 449 g/mol. The van der Waals surface area contributed by atoms with E-state index in [9.17, 15) is 0 Å². The van der Waals surface area contributed by atoms with Gasteiger partial charge >= 0.3 is 0 Å². The van der Waals surface area contributed by atoms with Crippen LogP contribution < -0.4 is 5.32 Å². The smallest absolute Gasteiger partial charge is 0.133 e. The second-order valence-electron chi connectivity index (χ2n) is 6.91. The maximum atomic E-state index is 8.89. The summed E-state index contributed by atoms with van der Waals surface area (Å²) in [6, 6.07) is 10.9. The van der Waals surface area contributed by atoms with Crippen LogP contribution in [0, 0.1) is 11.3 Å². The average Bonchev–Trinajstić information content (AvgIpc) is 3.32. The molecule has 1 atom stereocenters. The number of benzene rings is 1. The van der Waals surface area contributed by atoms with Crippen molar-refractivity contribution in [2.24, 2.45) is 0 Å². The summed E-state index contributed by atoms with van der Waals surface area (Å²) in [4.78, 5) is 20.8. The van der Waals surface area contributed by atoms with Crippen LogP contribution in [0.2, 0.25) is 10.0 Å². The Kier molecular flexibility index (Phi) is 6.12. The van der Waals surface area contributed by atoms with Gasteiger partial charge in [0.1, 0.15) is 17.7 Å². The number of imidazole rings is 1. The van der Waals surface area contributed by atoms with Gasteiger partial charge in [-0.1, -0.05) is 30.1 Å². The summed E-state index contributed by atoms with van der Waals surface area (Å²) in [7, 11) is 0. The molecule has 0 aliphatic heterocycles. The van der Waals surface area contributed by atoms with Gasteiger partial charge in [-0.05, 0) is 30.3 Å². The largest absolute Gasteiger partial charge is 0.369 e. The number of halogens is 2. The standard InChI is InChI=1S/C22H17Cl2N7/c1-13(8-27-20-5-2-14(7-25)9-28-20)22-29-10-17(19-11-26-12-30-19)21(31-22)16-4-3-15(23)6-18(16)24/h2-6,9-13H,8H2,1H3,(H,26,30)(H,27,28). The van der Waals surface area contributed by atoms with E-state index in [1.165, 1.54) is 6.20 Å². The Balaban J connectivity index is 1.64. The van der Waals surface area contributed by atoms with Crippen molar-refractivity contribution >= 4 is 29.0 Å². The van der Waals surface area contributed by atoms with Crippen molar-refractivity contribution in [3.05, 3.63) is 76.7 Å². The van der Waals surface area contributed by atoms with E-state index in [-0.39, 0.29) is 5.92 Å². The molecule has 0 saturated heterocycles. The van der Waals surface area contributed by atoms with Crippen LogP contribution in [0.25, 0.3) is 22.5 Å². The van der Waals surface area contributed by atoms with Crippen LogP contribution in [0.5, 0.6) is 0 Å². The van der Waals surface area contributed by atoms with Gasteiger partial charge in [0.15, 0.2) is 0 Å². The number of hydrogen-bond acceptors (Lipinski definition) is 6. The SMILES string of the molecule is CC(CNc1ccc(C#N)cn1)c1ncc(-c2cnc[nH]2)c(-c2ccc(Cl)cc2Cl)n1. The molecule has 0 aliphatic carbocycles. The molecule has 7 nitrogen and oxygen atoms in total. The molecule has 0 saturated carbocycles. The molecule has 0 fully saturated rings. The fourth-order valence-electron chi connectivity index (χ4n) is 3.03. The second kappa shape index (κ2) is 9.13. The van der Waals surface area contributed by atoms with E-state index in [0.29, 0.717) is 39.5 Å². The summed E-state index contributed by atoms with van der Waals surface area (Å²) in [6.07, 6.45) is 6.62. The zero-order valence-corrected chi connectivity index (χ0v) is 18.0. The number of nitrogens with zero attached hydrogens (tertiary/aromatic N) is 5. The Morgan fingerprint density at radius 1 is 1.10 bits per heavy atom. The lowest BCUT2D eigenvalue weighted by molar-refractivity contribution is 0.733. The molecule has 3 aromatic heterocycles. The van der Waals surface area contributed by atoms with Crippen LogP contribution >= 0.6 is 23.2 Å². The molecule has 0 radical (unpaired) electrons. The molecular formula is C22H17Cl2N7. The Hall–Kier alpha value is -3.47. The van der Waals surface area contributed by atoms with Crippen molar-refractivity contribution in [1.82, 2.24) is 24.9 Å². The number of aromatic nitrogens is 5.